The first kappa shape index (κ1) is 29.3. The first-order chi connectivity index (χ1) is 21.0. The van der Waals surface area contributed by atoms with E-state index in [0.717, 1.165) is 26.7 Å². The lowest BCUT2D eigenvalue weighted by molar-refractivity contribution is -0.147. The van der Waals surface area contributed by atoms with E-state index in [1.807, 2.05) is 72.8 Å². The molecule has 0 radical (unpaired) electrons. The van der Waals surface area contributed by atoms with Crippen molar-refractivity contribution in [1.82, 2.24) is 9.80 Å². The van der Waals surface area contributed by atoms with Gasteiger partial charge < -0.3 is 29.1 Å². The normalized spacial score (nSPS) is 21.7. The Bertz CT molecular complexity index is 1490. The number of fused-ring (bicyclic) bond motifs is 1. The van der Waals surface area contributed by atoms with Gasteiger partial charge in [0.25, 0.3) is 5.91 Å². The number of carbonyl (C=O) groups is 2. The quantitative estimate of drug-likeness (QED) is 0.372. The van der Waals surface area contributed by atoms with Crippen molar-refractivity contribution in [2.24, 2.45) is 4.99 Å². The third-order valence-corrected chi connectivity index (χ3v) is 8.63. The van der Waals surface area contributed by atoms with Crippen molar-refractivity contribution < 1.29 is 28.9 Å². The molecule has 2 atom stereocenters. The molecule has 3 aromatic rings. The van der Waals surface area contributed by atoms with Crippen molar-refractivity contribution in [3.05, 3.63) is 99.5 Å². The molecule has 224 valence electrons. The average Bonchev–Trinajstić information content (AvgIpc) is 3.37. The van der Waals surface area contributed by atoms with E-state index in [2.05, 4.69) is 15.9 Å². The number of ether oxygens (including phenoxy) is 3. The summed E-state index contributed by atoms with van der Waals surface area (Å²) in [5.41, 5.74) is 2.20. The summed E-state index contributed by atoms with van der Waals surface area (Å²) in [6.07, 6.45) is 0.163. The van der Waals surface area contributed by atoms with Gasteiger partial charge in [-0.15, -0.1) is 0 Å². The van der Waals surface area contributed by atoms with E-state index >= 15 is 0 Å². The van der Waals surface area contributed by atoms with Crippen LogP contribution in [0.25, 0.3) is 0 Å². The summed E-state index contributed by atoms with van der Waals surface area (Å²) in [4.78, 5) is 36.7. The number of aliphatic hydroxyl groups is 1. The van der Waals surface area contributed by atoms with Crippen LogP contribution in [0.15, 0.2) is 82.3 Å². The largest absolute Gasteiger partial charge is 0.494 e. The number of hydrogen-bond donors (Lipinski definition) is 1. The lowest BCUT2D eigenvalue weighted by atomic mass is 9.82. The number of morpholine rings is 1. The van der Waals surface area contributed by atoms with Gasteiger partial charge in [-0.2, -0.15) is 0 Å². The van der Waals surface area contributed by atoms with Crippen LogP contribution in [0.3, 0.4) is 0 Å². The monoisotopic (exact) mass is 647 g/mol. The molecule has 1 fully saturated rings. The summed E-state index contributed by atoms with van der Waals surface area (Å²) in [7, 11) is 0. The molecule has 9 nitrogen and oxygen atoms in total. The van der Waals surface area contributed by atoms with Crippen molar-refractivity contribution in [3.63, 3.8) is 0 Å². The van der Waals surface area contributed by atoms with E-state index in [1.165, 1.54) is 0 Å². The van der Waals surface area contributed by atoms with Crippen LogP contribution in [-0.2, 0) is 32.0 Å². The zero-order chi connectivity index (χ0) is 29.8. The molecular weight excluding hydrogens is 614 g/mol. The highest BCUT2D eigenvalue weighted by atomic mass is 79.9. The Kier molecular flexibility index (Phi) is 8.78. The summed E-state index contributed by atoms with van der Waals surface area (Å²) >= 11 is 3.52. The third kappa shape index (κ3) is 6.18. The van der Waals surface area contributed by atoms with Crippen LogP contribution in [-0.4, -0.2) is 84.2 Å². The van der Waals surface area contributed by atoms with Gasteiger partial charge in [0, 0.05) is 49.1 Å². The van der Waals surface area contributed by atoms with Gasteiger partial charge in [-0.3, -0.25) is 9.59 Å². The molecule has 1 saturated heterocycles. The maximum absolute atomic E-state index is 14.8. The number of aliphatic imine (C=N–C) groups is 1. The number of nitrogens with zero attached hydrogens (tertiary/aromatic N) is 3. The van der Waals surface area contributed by atoms with Crippen molar-refractivity contribution in [2.45, 2.75) is 31.0 Å². The van der Waals surface area contributed by atoms with E-state index in [1.54, 1.807) is 9.80 Å². The highest BCUT2D eigenvalue weighted by Crippen LogP contribution is 2.45. The fourth-order valence-electron chi connectivity index (χ4n) is 5.83. The predicted molar refractivity (Wildman–Crippen MR) is 164 cm³/mol. The molecule has 3 aliphatic rings. The molecule has 43 heavy (non-hydrogen) atoms. The zero-order valence-electron chi connectivity index (χ0n) is 23.8. The molecular formula is C33H34BrN3O6. The number of halogens is 1. The van der Waals surface area contributed by atoms with Gasteiger partial charge in [-0.25, -0.2) is 4.99 Å². The minimum atomic E-state index is -1.32. The second-order valence-corrected chi connectivity index (χ2v) is 11.9. The third-order valence-electron chi connectivity index (χ3n) is 8.10. The van der Waals surface area contributed by atoms with E-state index in [9.17, 15) is 9.59 Å². The lowest BCUT2D eigenvalue weighted by Crippen LogP contribution is -2.53. The van der Waals surface area contributed by atoms with Gasteiger partial charge in [0.15, 0.2) is 11.6 Å². The standard InChI is InChI=1S/C33H34BrN3O6/c34-27-10-6-23(7-11-27)30-33(35-31(43-30)24-8-12-28(13-9-24)42-17-3-16-38)20-25-4-1-2-5-26(25)21-37(32(33)40)22-29(39)36-14-18-41-19-15-36/h1-2,4-13,30,38H,3,14-22H2/t30-,33-/m1/s1. The number of hydrogen-bond acceptors (Lipinski definition) is 7. The molecule has 6 rings (SSSR count). The molecule has 1 N–H and O–H groups in total. The summed E-state index contributed by atoms with van der Waals surface area (Å²) in [6, 6.07) is 23.1. The van der Waals surface area contributed by atoms with Gasteiger partial charge in [-0.1, -0.05) is 52.3 Å². The number of carbonyl (C=O) groups excluding carboxylic acids is 2. The Morgan fingerprint density at radius 1 is 1.02 bits per heavy atom. The Balaban J connectivity index is 1.40. The summed E-state index contributed by atoms with van der Waals surface area (Å²) in [6.45, 7) is 2.74. The second-order valence-electron chi connectivity index (χ2n) is 10.9. The molecule has 3 aromatic carbocycles. The Labute approximate surface area is 259 Å². The fourth-order valence-corrected chi connectivity index (χ4v) is 6.10. The molecule has 1 spiro atoms. The highest BCUT2D eigenvalue weighted by Gasteiger charge is 2.56. The van der Waals surface area contributed by atoms with Crippen LogP contribution in [0, 0.1) is 0 Å². The SMILES string of the molecule is O=C(CN1Cc2ccccc2C[C@]2(N=C(c3ccc(OCCCO)cc3)O[C@@H]2c2ccc(Br)cc2)C1=O)N1CCOCC1. The van der Waals surface area contributed by atoms with Gasteiger partial charge >= 0.3 is 0 Å². The van der Waals surface area contributed by atoms with Crippen LogP contribution in [0.4, 0.5) is 0 Å². The molecule has 0 aromatic heterocycles. The van der Waals surface area contributed by atoms with E-state index in [-0.39, 0.29) is 25.0 Å². The van der Waals surface area contributed by atoms with E-state index in [0.29, 0.717) is 63.9 Å². The van der Waals surface area contributed by atoms with Crippen LogP contribution in [0.1, 0.15) is 34.8 Å². The predicted octanol–water partition coefficient (Wildman–Crippen LogP) is 3.91. The van der Waals surface area contributed by atoms with Gasteiger partial charge in [0.05, 0.1) is 19.8 Å². The number of aliphatic hydroxyl groups excluding tert-OH is 1. The van der Waals surface area contributed by atoms with Crippen molar-refractivity contribution in [3.8, 4) is 5.75 Å². The van der Waals surface area contributed by atoms with Crippen LogP contribution < -0.4 is 4.74 Å². The molecule has 3 heterocycles. The maximum Gasteiger partial charge on any atom is 0.256 e. The van der Waals surface area contributed by atoms with Crippen LogP contribution in [0.2, 0.25) is 0 Å². The average molecular weight is 649 g/mol. The smallest absolute Gasteiger partial charge is 0.256 e. The molecule has 0 saturated carbocycles. The number of rotatable bonds is 8. The van der Waals surface area contributed by atoms with E-state index in [4.69, 9.17) is 24.3 Å². The summed E-state index contributed by atoms with van der Waals surface area (Å²) < 4.78 is 18.7. The minimum absolute atomic E-state index is 0.0489. The molecule has 0 aliphatic carbocycles. The van der Waals surface area contributed by atoms with Crippen molar-refractivity contribution in [1.29, 1.82) is 0 Å². The molecule has 10 heteroatoms. The van der Waals surface area contributed by atoms with Crippen molar-refractivity contribution in [2.75, 3.05) is 46.1 Å². The summed E-state index contributed by atoms with van der Waals surface area (Å²) in [5, 5.41) is 9.05. The molecule has 0 bridgehead atoms. The Morgan fingerprint density at radius 2 is 1.74 bits per heavy atom. The van der Waals surface area contributed by atoms with E-state index < -0.39 is 11.6 Å². The van der Waals surface area contributed by atoms with Crippen molar-refractivity contribution >= 4 is 33.6 Å². The molecule has 0 unspecified atom stereocenters. The van der Waals surface area contributed by atoms with Crippen LogP contribution in [0.5, 0.6) is 5.75 Å². The highest BCUT2D eigenvalue weighted by molar-refractivity contribution is 9.10. The Hall–Kier alpha value is -3.73. The van der Waals surface area contributed by atoms with Gasteiger partial charge in [-0.05, 0) is 53.1 Å². The fraction of sp³-hybridized carbons (Fsp3) is 0.364. The molecule has 3 aliphatic heterocycles. The number of benzene rings is 3. The zero-order valence-corrected chi connectivity index (χ0v) is 25.4. The first-order valence-electron chi connectivity index (χ1n) is 14.5. The number of amides is 2. The minimum Gasteiger partial charge on any atom is -0.494 e. The summed E-state index contributed by atoms with van der Waals surface area (Å²) in [5.74, 6) is 0.688. The molecule has 2 amide bonds. The first-order valence-corrected chi connectivity index (χ1v) is 15.3. The Morgan fingerprint density at radius 3 is 2.47 bits per heavy atom. The maximum atomic E-state index is 14.8. The van der Waals surface area contributed by atoms with Gasteiger partial charge in [0.2, 0.25) is 11.8 Å². The topological polar surface area (TPSA) is 101 Å². The second kappa shape index (κ2) is 12.9. The van der Waals surface area contributed by atoms with Gasteiger partial charge in [0.1, 0.15) is 12.3 Å². The van der Waals surface area contributed by atoms with Crippen LogP contribution >= 0.6 is 15.9 Å². The lowest BCUT2D eigenvalue weighted by Gasteiger charge is -2.34.